The fraction of sp³-hybridized carbons (Fsp3) is 0.560. The van der Waals surface area contributed by atoms with Gasteiger partial charge < -0.3 is 19.7 Å². The molecule has 35 heavy (non-hydrogen) atoms. The number of anilines is 3. The fourth-order valence-corrected chi connectivity index (χ4v) is 4.19. The van der Waals surface area contributed by atoms with Gasteiger partial charge in [0.15, 0.2) is 0 Å². The Kier molecular flexibility index (Phi) is 8.93. The van der Waals surface area contributed by atoms with Crippen LogP contribution >= 0.6 is 0 Å². The lowest BCUT2D eigenvalue weighted by Crippen LogP contribution is -2.42. The molecule has 0 radical (unpaired) electrons. The highest BCUT2D eigenvalue weighted by Crippen LogP contribution is 2.36. The molecule has 1 aliphatic heterocycles. The summed E-state index contributed by atoms with van der Waals surface area (Å²) in [4.78, 5) is 21.1. The summed E-state index contributed by atoms with van der Waals surface area (Å²) < 4.78 is 49.1. The zero-order chi connectivity index (χ0) is 25.6. The van der Waals surface area contributed by atoms with E-state index in [2.05, 4.69) is 34.0 Å². The van der Waals surface area contributed by atoms with Gasteiger partial charge in [-0.25, -0.2) is 9.97 Å². The van der Waals surface area contributed by atoms with E-state index in [1.165, 1.54) is 7.11 Å². The van der Waals surface area contributed by atoms with E-state index >= 15 is 0 Å². The predicted molar refractivity (Wildman–Crippen MR) is 128 cm³/mol. The minimum absolute atomic E-state index is 0.109. The monoisotopic (exact) mass is 494 g/mol. The lowest BCUT2D eigenvalue weighted by atomic mass is 9.95. The van der Waals surface area contributed by atoms with E-state index in [9.17, 15) is 18.0 Å². The van der Waals surface area contributed by atoms with Gasteiger partial charge in [-0.2, -0.15) is 13.2 Å². The number of hydrogen-bond acceptors (Lipinski definition) is 7. The molecular formula is C25H33F3N4O3. The number of nitrogens with zero attached hydrogens (tertiary/aromatic N) is 3. The molecule has 0 spiro atoms. The Morgan fingerprint density at radius 2 is 1.86 bits per heavy atom. The number of hydrogen-bond donors (Lipinski definition) is 1. The van der Waals surface area contributed by atoms with Gasteiger partial charge in [0.1, 0.15) is 0 Å². The highest BCUT2D eigenvalue weighted by atomic mass is 19.4. The molecule has 192 valence electrons. The van der Waals surface area contributed by atoms with Crippen molar-refractivity contribution < 1.29 is 27.4 Å². The van der Waals surface area contributed by atoms with Crippen molar-refractivity contribution in [3.05, 3.63) is 42.0 Å². The average molecular weight is 495 g/mol. The third-order valence-corrected chi connectivity index (χ3v) is 5.98. The van der Waals surface area contributed by atoms with Crippen LogP contribution < -0.4 is 10.2 Å². The number of ether oxygens (including phenoxy) is 2. The molecule has 1 saturated heterocycles. The Hall–Kier alpha value is -2.88. The normalized spacial score (nSPS) is 15.7. The molecule has 2 heterocycles. The Labute approximate surface area is 204 Å². The number of methoxy groups -OCH3 is 1. The van der Waals surface area contributed by atoms with E-state index < -0.39 is 12.0 Å². The number of aromatic nitrogens is 2. The van der Waals surface area contributed by atoms with Gasteiger partial charge in [0.2, 0.25) is 5.82 Å². The first-order chi connectivity index (χ1) is 16.6. The Morgan fingerprint density at radius 3 is 2.43 bits per heavy atom. The molecular weight excluding hydrogens is 461 g/mol. The first kappa shape index (κ1) is 26.7. The van der Waals surface area contributed by atoms with Crippen LogP contribution in [0.2, 0.25) is 0 Å². The summed E-state index contributed by atoms with van der Waals surface area (Å²) in [6, 6.07) is 6.21. The predicted octanol–water partition coefficient (Wildman–Crippen LogP) is 5.55. The van der Waals surface area contributed by atoms with Crippen LogP contribution in [-0.4, -0.2) is 48.8 Å². The number of esters is 1. The van der Waals surface area contributed by atoms with E-state index in [0.717, 1.165) is 48.7 Å². The van der Waals surface area contributed by atoms with Gasteiger partial charge in [-0.1, -0.05) is 26.8 Å². The van der Waals surface area contributed by atoms with Crippen LogP contribution in [0.25, 0.3) is 0 Å². The summed E-state index contributed by atoms with van der Waals surface area (Å²) in [6.07, 6.45) is -0.360. The van der Waals surface area contributed by atoms with Crippen molar-refractivity contribution in [3.8, 4) is 0 Å². The number of nitrogens with one attached hydrogen (secondary N) is 1. The van der Waals surface area contributed by atoms with E-state index in [0.29, 0.717) is 24.8 Å². The Morgan fingerprint density at radius 1 is 1.20 bits per heavy atom. The second kappa shape index (κ2) is 11.7. The average Bonchev–Trinajstić information content (AvgIpc) is 2.82. The fourth-order valence-electron chi connectivity index (χ4n) is 4.19. The number of rotatable bonds is 9. The topological polar surface area (TPSA) is 76.6 Å². The molecule has 0 unspecified atom stereocenters. The smallest absolute Gasteiger partial charge is 0.451 e. The molecule has 2 aromatic rings. The Balaban J connectivity index is 2.00. The first-order valence-electron chi connectivity index (χ1n) is 11.8. The lowest BCUT2D eigenvalue weighted by molar-refractivity contribution is -0.145. The molecule has 1 aromatic heterocycles. The van der Waals surface area contributed by atoms with Crippen molar-refractivity contribution in [1.82, 2.24) is 9.97 Å². The number of benzene rings is 1. The van der Waals surface area contributed by atoms with Crippen molar-refractivity contribution in [3.63, 3.8) is 0 Å². The summed E-state index contributed by atoms with van der Waals surface area (Å²) in [5.74, 6) is -1.22. The summed E-state index contributed by atoms with van der Waals surface area (Å²) in [7, 11) is 1.35. The van der Waals surface area contributed by atoms with Gasteiger partial charge in [-0.05, 0) is 42.4 Å². The van der Waals surface area contributed by atoms with Gasteiger partial charge in [0, 0.05) is 25.8 Å². The molecule has 0 bridgehead atoms. The molecule has 7 nitrogen and oxygen atoms in total. The van der Waals surface area contributed by atoms with Crippen LogP contribution in [0.5, 0.6) is 0 Å². The van der Waals surface area contributed by atoms with Gasteiger partial charge in [-0.15, -0.1) is 0 Å². The zero-order valence-corrected chi connectivity index (χ0v) is 20.6. The zero-order valence-electron chi connectivity index (χ0n) is 20.6. The second-order valence-electron chi connectivity index (χ2n) is 9.27. The number of halogens is 3. The summed E-state index contributed by atoms with van der Waals surface area (Å²) >= 11 is 0. The highest BCUT2D eigenvalue weighted by molar-refractivity contribution is 5.77. The van der Waals surface area contributed by atoms with Crippen molar-refractivity contribution in [2.24, 2.45) is 5.92 Å². The van der Waals surface area contributed by atoms with Gasteiger partial charge in [0.25, 0.3) is 0 Å². The van der Waals surface area contributed by atoms with E-state index in [1.807, 2.05) is 25.1 Å². The number of carbonyl (C=O) groups is 1. The summed E-state index contributed by atoms with van der Waals surface area (Å²) in [5, 5.41) is 3.23. The first-order valence-corrected chi connectivity index (χ1v) is 11.8. The SMILES string of the molecule is COC(=O)C[C@@H](C)c1ccc(N(CC(C)C)C2CCOCC2)c(Nc2cnc(C(F)(F)F)nc2)c1. The van der Waals surface area contributed by atoms with Crippen molar-refractivity contribution >= 4 is 23.0 Å². The molecule has 1 aromatic carbocycles. The third kappa shape index (κ3) is 7.30. The third-order valence-electron chi connectivity index (χ3n) is 5.98. The van der Waals surface area contributed by atoms with Crippen LogP contribution in [0, 0.1) is 5.92 Å². The van der Waals surface area contributed by atoms with Crippen LogP contribution in [0.15, 0.2) is 30.6 Å². The maximum atomic E-state index is 12.9. The second-order valence-corrected chi connectivity index (χ2v) is 9.27. The van der Waals surface area contributed by atoms with Crippen molar-refractivity contribution in [2.45, 2.75) is 58.2 Å². The molecule has 1 N–H and O–H groups in total. The molecule has 0 aliphatic carbocycles. The van der Waals surface area contributed by atoms with E-state index in [4.69, 9.17) is 9.47 Å². The largest absolute Gasteiger partial charge is 0.469 e. The summed E-state index contributed by atoms with van der Waals surface area (Å²) in [6.45, 7) is 8.40. The quantitative estimate of drug-likeness (QED) is 0.458. The minimum Gasteiger partial charge on any atom is -0.469 e. The lowest BCUT2D eigenvalue weighted by Gasteiger charge is -2.38. The molecule has 1 atom stereocenters. The van der Waals surface area contributed by atoms with Gasteiger partial charge in [0.05, 0.1) is 43.0 Å². The molecule has 0 amide bonds. The van der Waals surface area contributed by atoms with E-state index in [-0.39, 0.29) is 24.3 Å². The minimum atomic E-state index is -4.61. The standard InChI is InChI=1S/C25H33F3N4O3/c1-16(2)15-32(20-7-9-35-10-8-20)22-6-5-18(17(3)11-23(33)34-4)12-21(22)31-19-13-29-24(30-14-19)25(26,27)28/h5-6,12-14,16-17,20,31H,7-11,15H2,1-4H3/t17-/m1/s1. The Bertz CT molecular complexity index is 977. The highest BCUT2D eigenvalue weighted by Gasteiger charge is 2.34. The van der Waals surface area contributed by atoms with Crippen molar-refractivity contribution in [2.75, 3.05) is 37.1 Å². The van der Waals surface area contributed by atoms with Gasteiger partial charge in [-0.3, -0.25) is 4.79 Å². The van der Waals surface area contributed by atoms with E-state index in [1.54, 1.807) is 0 Å². The molecule has 0 saturated carbocycles. The maximum absolute atomic E-state index is 12.9. The maximum Gasteiger partial charge on any atom is 0.451 e. The molecule has 1 fully saturated rings. The van der Waals surface area contributed by atoms with Gasteiger partial charge >= 0.3 is 12.1 Å². The van der Waals surface area contributed by atoms with Crippen LogP contribution in [-0.2, 0) is 20.4 Å². The van der Waals surface area contributed by atoms with Crippen LogP contribution in [0.3, 0.4) is 0 Å². The van der Waals surface area contributed by atoms with Crippen molar-refractivity contribution in [1.29, 1.82) is 0 Å². The van der Waals surface area contributed by atoms with Crippen LogP contribution in [0.1, 0.15) is 57.3 Å². The number of carbonyl (C=O) groups excluding carboxylic acids is 1. The number of alkyl halides is 3. The molecule has 10 heteroatoms. The summed E-state index contributed by atoms with van der Waals surface area (Å²) in [5.41, 5.74) is 2.90. The molecule has 1 aliphatic rings. The van der Waals surface area contributed by atoms with Crippen LogP contribution in [0.4, 0.5) is 30.2 Å². The molecule has 3 rings (SSSR count).